The number of fused-ring (bicyclic) bond motifs is 1. The van der Waals surface area contributed by atoms with Crippen LogP contribution in [-0.2, 0) is 11.2 Å². The molecule has 4 rings (SSSR count). The molecule has 1 saturated carbocycles. The molecule has 116 valence electrons. The van der Waals surface area contributed by atoms with Gasteiger partial charge in [-0.25, -0.2) is 0 Å². The summed E-state index contributed by atoms with van der Waals surface area (Å²) in [5.41, 5.74) is 2.09. The molecule has 0 radical (unpaired) electrons. The van der Waals surface area contributed by atoms with Crippen LogP contribution < -0.4 is 5.32 Å². The van der Waals surface area contributed by atoms with Crippen molar-refractivity contribution in [3.8, 4) is 0 Å². The highest BCUT2D eigenvalue weighted by atomic mass is 16.2. The zero-order chi connectivity index (χ0) is 15.6. The largest absolute Gasteiger partial charge is 0.355 e. The molecule has 5 heteroatoms. The first-order valence-corrected chi connectivity index (χ1v) is 7.94. The molecule has 0 aliphatic heterocycles. The fraction of sp³-hybridized carbons (Fsp3) is 0.278. The zero-order valence-electron chi connectivity index (χ0n) is 12.7. The molecule has 1 aliphatic rings. The summed E-state index contributed by atoms with van der Waals surface area (Å²) in [6.45, 7) is 0.590. The first kappa shape index (κ1) is 13.9. The highest BCUT2D eigenvalue weighted by Gasteiger charge is 2.43. The second kappa shape index (κ2) is 5.83. The molecule has 1 aromatic carbocycles. The van der Waals surface area contributed by atoms with Gasteiger partial charge in [0.25, 0.3) is 0 Å². The summed E-state index contributed by atoms with van der Waals surface area (Å²) in [5, 5.41) is 11.3. The van der Waals surface area contributed by atoms with E-state index in [9.17, 15) is 4.79 Å². The predicted molar refractivity (Wildman–Crippen MR) is 87.0 cm³/mol. The number of hydrogen-bond acceptors (Lipinski definition) is 3. The van der Waals surface area contributed by atoms with Gasteiger partial charge in [-0.3, -0.25) is 9.20 Å². The van der Waals surface area contributed by atoms with Gasteiger partial charge < -0.3 is 5.32 Å². The fourth-order valence-electron chi connectivity index (χ4n) is 3.04. The smallest absolute Gasteiger partial charge is 0.223 e. The summed E-state index contributed by atoms with van der Waals surface area (Å²) in [5.74, 6) is 1.52. The van der Waals surface area contributed by atoms with Crippen LogP contribution in [0.15, 0.2) is 54.7 Å². The first-order valence-electron chi connectivity index (χ1n) is 7.94. The van der Waals surface area contributed by atoms with Gasteiger partial charge in [-0.15, -0.1) is 10.2 Å². The van der Waals surface area contributed by atoms with Crippen LogP contribution in [0.25, 0.3) is 5.65 Å². The molecule has 0 spiro atoms. The summed E-state index contributed by atoms with van der Waals surface area (Å²) < 4.78 is 1.95. The van der Waals surface area contributed by atoms with E-state index in [4.69, 9.17) is 0 Å². The summed E-state index contributed by atoms with van der Waals surface area (Å²) in [6.07, 6.45) is 3.57. The lowest BCUT2D eigenvalue weighted by Gasteiger charge is -2.04. The summed E-state index contributed by atoms with van der Waals surface area (Å²) in [4.78, 5) is 12.2. The molecule has 1 amide bonds. The van der Waals surface area contributed by atoms with Crippen LogP contribution in [0.2, 0.25) is 0 Å². The Bertz CT molecular complexity index is 827. The standard InChI is InChI=1S/C18H18N4O/c23-18(15-12-14(15)13-6-2-1-3-7-13)19-10-9-17-21-20-16-8-4-5-11-22(16)17/h1-8,11,14-15H,9-10,12H2,(H,19,23)/t14-,15-/m0/s1. The van der Waals surface area contributed by atoms with Crippen LogP contribution in [0, 0.1) is 5.92 Å². The van der Waals surface area contributed by atoms with E-state index < -0.39 is 0 Å². The Labute approximate surface area is 134 Å². The van der Waals surface area contributed by atoms with Crippen molar-refractivity contribution in [2.75, 3.05) is 6.54 Å². The first-order chi connectivity index (χ1) is 11.3. The predicted octanol–water partition coefficient (Wildman–Crippen LogP) is 2.19. The molecular weight excluding hydrogens is 288 g/mol. The Kier molecular flexibility index (Phi) is 3.54. The average molecular weight is 306 g/mol. The van der Waals surface area contributed by atoms with Crippen molar-refractivity contribution in [1.29, 1.82) is 0 Å². The van der Waals surface area contributed by atoms with E-state index in [2.05, 4.69) is 27.6 Å². The minimum absolute atomic E-state index is 0.118. The van der Waals surface area contributed by atoms with Gasteiger partial charge in [-0.2, -0.15) is 0 Å². The van der Waals surface area contributed by atoms with Gasteiger partial charge >= 0.3 is 0 Å². The van der Waals surface area contributed by atoms with Crippen LogP contribution in [0.4, 0.5) is 0 Å². The van der Waals surface area contributed by atoms with E-state index in [1.165, 1.54) is 5.56 Å². The number of amides is 1. The van der Waals surface area contributed by atoms with Crippen LogP contribution in [0.5, 0.6) is 0 Å². The lowest BCUT2D eigenvalue weighted by molar-refractivity contribution is -0.122. The minimum Gasteiger partial charge on any atom is -0.355 e. The average Bonchev–Trinajstić information content (AvgIpc) is 3.31. The summed E-state index contributed by atoms with van der Waals surface area (Å²) >= 11 is 0. The minimum atomic E-state index is 0.118. The molecule has 1 fully saturated rings. The summed E-state index contributed by atoms with van der Waals surface area (Å²) in [6, 6.07) is 16.1. The van der Waals surface area contributed by atoms with Gasteiger partial charge in [0.1, 0.15) is 5.82 Å². The number of aromatic nitrogens is 3. The second-order valence-electron chi connectivity index (χ2n) is 5.95. The molecule has 2 atom stereocenters. The molecule has 0 unspecified atom stereocenters. The Morgan fingerprint density at radius 3 is 2.83 bits per heavy atom. The Hall–Kier alpha value is -2.69. The Morgan fingerprint density at radius 1 is 1.13 bits per heavy atom. The highest BCUT2D eigenvalue weighted by Crippen LogP contribution is 2.47. The van der Waals surface area contributed by atoms with Crippen molar-refractivity contribution in [1.82, 2.24) is 19.9 Å². The molecule has 2 heterocycles. The van der Waals surface area contributed by atoms with Crippen molar-refractivity contribution >= 4 is 11.6 Å². The number of carbonyl (C=O) groups excluding carboxylic acids is 1. The van der Waals surface area contributed by atoms with Crippen molar-refractivity contribution in [3.05, 3.63) is 66.1 Å². The van der Waals surface area contributed by atoms with Crippen LogP contribution >= 0.6 is 0 Å². The fourth-order valence-corrected chi connectivity index (χ4v) is 3.04. The molecule has 2 aromatic heterocycles. The number of hydrogen-bond donors (Lipinski definition) is 1. The monoisotopic (exact) mass is 306 g/mol. The second-order valence-corrected chi connectivity index (χ2v) is 5.95. The van der Waals surface area contributed by atoms with Gasteiger partial charge in [-0.1, -0.05) is 36.4 Å². The van der Waals surface area contributed by atoms with Crippen molar-refractivity contribution in [3.63, 3.8) is 0 Å². The van der Waals surface area contributed by atoms with Crippen LogP contribution in [0.3, 0.4) is 0 Å². The van der Waals surface area contributed by atoms with Crippen molar-refractivity contribution in [2.24, 2.45) is 5.92 Å². The third-order valence-electron chi connectivity index (χ3n) is 4.39. The van der Waals surface area contributed by atoms with E-state index in [0.29, 0.717) is 18.9 Å². The van der Waals surface area contributed by atoms with E-state index >= 15 is 0 Å². The molecule has 3 aromatic rings. The van der Waals surface area contributed by atoms with Crippen LogP contribution in [-0.4, -0.2) is 27.0 Å². The Morgan fingerprint density at radius 2 is 1.96 bits per heavy atom. The number of rotatable bonds is 5. The molecule has 1 aliphatic carbocycles. The van der Waals surface area contributed by atoms with Gasteiger partial charge in [-0.05, 0) is 30.0 Å². The van der Waals surface area contributed by atoms with Gasteiger partial charge in [0, 0.05) is 25.1 Å². The third-order valence-corrected chi connectivity index (χ3v) is 4.39. The van der Waals surface area contributed by atoms with Gasteiger partial charge in [0.05, 0.1) is 0 Å². The quantitative estimate of drug-likeness (QED) is 0.786. The molecule has 1 N–H and O–H groups in total. The van der Waals surface area contributed by atoms with E-state index in [0.717, 1.165) is 17.9 Å². The lowest BCUT2D eigenvalue weighted by atomic mass is 10.1. The maximum Gasteiger partial charge on any atom is 0.223 e. The summed E-state index contributed by atoms with van der Waals surface area (Å²) in [7, 11) is 0. The van der Waals surface area contributed by atoms with Crippen molar-refractivity contribution < 1.29 is 4.79 Å². The van der Waals surface area contributed by atoms with E-state index in [-0.39, 0.29) is 11.8 Å². The number of pyridine rings is 1. The highest BCUT2D eigenvalue weighted by molar-refractivity contribution is 5.82. The molecule has 0 saturated heterocycles. The number of nitrogens with one attached hydrogen (secondary N) is 1. The number of nitrogens with zero attached hydrogens (tertiary/aromatic N) is 3. The number of carbonyl (C=O) groups is 1. The maximum absolute atomic E-state index is 12.2. The molecule has 0 bridgehead atoms. The Balaban J connectivity index is 1.31. The zero-order valence-corrected chi connectivity index (χ0v) is 12.7. The van der Waals surface area contributed by atoms with Gasteiger partial charge in [0.15, 0.2) is 5.65 Å². The lowest BCUT2D eigenvalue weighted by Crippen LogP contribution is -2.28. The molecule has 23 heavy (non-hydrogen) atoms. The van der Waals surface area contributed by atoms with E-state index in [1.807, 2.05) is 47.0 Å². The van der Waals surface area contributed by atoms with E-state index in [1.54, 1.807) is 0 Å². The third kappa shape index (κ3) is 2.82. The van der Waals surface area contributed by atoms with Crippen molar-refractivity contribution in [2.45, 2.75) is 18.8 Å². The number of benzene rings is 1. The topological polar surface area (TPSA) is 59.3 Å². The molecule has 5 nitrogen and oxygen atoms in total. The van der Waals surface area contributed by atoms with Gasteiger partial charge in [0.2, 0.25) is 5.91 Å². The van der Waals surface area contributed by atoms with Crippen LogP contribution in [0.1, 0.15) is 23.7 Å². The molecular formula is C18H18N4O. The maximum atomic E-state index is 12.2. The normalized spacial score (nSPS) is 19.7. The SMILES string of the molecule is O=C(NCCc1nnc2ccccn12)[C@H]1C[C@H]1c1ccccc1.